The molecule has 0 saturated heterocycles. The predicted molar refractivity (Wildman–Crippen MR) is 71.4 cm³/mol. The third kappa shape index (κ3) is 2.22. The maximum atomic E-state index is 10.1. The van der Waals surface area contributed by atoms with Gasteiger partial charge in [0.2, 0.25) is 0 Å². The molecule has 2 atom stereocenters. The Bertz CT molecular complexity index is 527. The van der Waals surface area contributed by atoms with Crippen molar-refractivity contribution < 1.29 is 5.11 Å². The summed E-state index contributed by atoms with van der Waals surface area (Å²) in [5.74, 6) is 0. The molecule has 0 aliphatic carbocycles. The first-order valence-electron chi connectivity index (χ1n) is 6.25. The van der Waals surface area contributed by atoms with E-state index in [0.717, 1.165) is 11.3 Å². The lowest BCUT2D eigenvalue weighted by atomic mass is 10.0. The zero-order chi connectivity index (χ0) is 12.4. The molecule has 0 unspecified atom stereocenters. The van der Waals surface area contributed by atoms with Crippen LogP contribution in [-0.2, 0) is 6.42 Å². The first-order valence-corrected chi connectivity index (χ1v) is 6.25. The lowest BCUT2D eigenvalue weighted by Crippen LogP contribution is -2.16. The fourth-order valence-electron chi connectivity index (χ4n) is 2.50. The molecule has 1 aromatic heterocycles. The second-order valence-corrected chi connectivity index (χ2v) is 4.73. The molecule has 1 aromatic carbocycles. The van der Waals surface area contributed by atoms with Crippen molar-refractivity contribution in [2.75, 3.05) is 5.32 Å². The van der Waals surface area contributed by atoms with Gasteiger partial charge in [-0.3, -0.25) is 4.98 Å². The van der Waals surface area contributed by atoms with E-state index < -0.39 is 0 Å². The molecule has 0 spiro atoms. The second-order valence-electron chi connectivity index (χ2n) is 4.73. The lowest BCUT2D eigenvalue weighted by Gasteiger charge is -2.19. The highest BCUT2D eigenvalue weighted by Gasteiger charge is 2.22. The monoisotopic (exact) mass is 240 g/mol. The number of benzene rings is 1. The predicted octanol–water partition coefficient (Wildman–Crippen LogP) is 2.54. The van der Waals surface area contributed by atoms with E-state index in [1.165, 1.54) is 5.56 Å². The number of aliphatic hydroxyl groups excluding tert-OH is 1. The van der Waals surface area contributed by atoms with Crippen LogP contribution in [0.2, 0.25) is 0 Å². The summed E-state index contributed by atoms with van der Waals surface area (Å²) in [5, 5.41) is 13.6. The van der Waals surface area contributed by atoms with E-state index in [2.05, 4.69) is 22.4 Å². The smallest absolute Gasteiger partial charge is 0.0604 e. The molecule has 1 aliphatic heterocycles. The molecule has 2 heterocycles. The van der Waals surface area contributed by atoms with Gasteiger partial charge in [-0.05, 0) is 29.7 Å². The quantitative estimate of drug-likeness (QED) is 0.805. The molecule has 18 heavy (non-hydrogen) atoms. The molecule has 0 radical (unpaired) electrons. The van der Waals surface area contributed by atoms with Crippen LogP contribution in [-0.4, -0.2) is 16.2 Å². The summed E-state index contributed by atoms with van der Waals surface area (Å²) in [6.45, 7) is 0. The highest BCUT2D eigenvalue weighted by Crippen LogP contribution is 2.30. The third-order valence-electron chi connectivity index (χ3n) is 3.40. The zero-order valence-electron chi connectivity index (χ0n) is 10.1. The summed E-state index contributed by atoms with van der Waals surface area (Å²) in [6.07, 6.45) is 4.73. The minimum Gasteiger partial charge on any atom is -0.393 e. The number of aliphatic hydroxyl groups is 1. The van der Waals surface area contributed by atoms with Gasteiger partial charge in [-0.2, -0.15) is 0 Å². The van der Waals surface area contributed by atoms with Crippen LogP contribution in [0.4, 0.5) is 5.69 Å². The first-order chi connectivity index (χ1) is 8.83. The van der Waals surface area contributed by atoms with E-state index >= 15 is 0 Å². The Hall–Kier alpha value is -1.87. The molecule has 92 valence electrons. The summed E-state index contributed by atoms with van der Waals surface area (Å²) >= 11 is 0. The Kier molecular flexibility index (Phi) is 2.99. The number of nitrogens with one attached hydrogen (secondary N) is 1. The summed E-state index contributed by atoms with van der Waals surface area (Å²) in [7, 11) is 0. The number of hydrogen-bond donors (Lipinski definition) is 2. The molecule has 0 fully saturated rings. The number of nitrogens with zero attached hydrogens (tertiary/aromatic N) is 1. The van der Waals surface area contributed by atoms with E-state index in [0.29, 0.717) is 12.8 Å². The molecule has 0 amide bonds. The number of aromatic nitrogens is 1. The van der Waals surface area contributed by atoms with Crippen molar-refractivity contribution in [2.24, 2.45) is 0 Å². The van der Waals surface area contributed by atoms with Crippen molar-refractivity contribution in [2.45, 2.75) is 25.0 Å². The summed E-state index contributed by atoms with van der Waals surface area (Å²) in [5.41, 5.74) is 3.41. The largest absolute Gasteiger partial charge is 0.393 e. The van der Waals surface area contributed by atoms with Gasteiger partial charge in [0.1, 0.15) is 0 Å². The van der Waals surface area contributed by atoms with Crippen molar-refractivity contribution in [3.05, 3.63) is 59.9 Å². The Morgan fingerprint density at radius 2 is 2.06 bits per heavy atom. The first kappa shape index (κ1) is 11.2. The zero-order valence-corrected chi connectivity index (χ0v) is 10.1. The molecule has 0 bridgehead atoms. The summed E-state index contributed by atoms with van der Waals surface area (Å²) < 4.78 is 0. The van der Waals surface area contributed by atoms with Crippen LogP contribution in [0.1, 0.15) is 23.6 Å². The van der Waals surface area contributed by atoms with Crippen LogP contribution in [0.5, 0.6) is 0 Å². The molecule has 2 aromatic rings. The van der Waals surface area contributed by atoms with Crippen LogP contribution in [0.15, 0.2) is 48.8 Å². The molecule has 3 rings (SSSR count). The van der Waals surface area contributed by atoms with Gasteiger partial charge in [0.15, 0.2) is 0 Å². The Morgan fingerprint density at radius 3 is 2.89 bits per heavy atom. The van der Waals surface area contributed by atoms with Crippen molar-refractivity contribution in [3.63, 3.8) is 0 Å². The van der Waals surface area contributed by atoms with Crippen LogP contribution >= 0.6 is 0 Å². The van der Waals surface area contributed by atoms with Gasteiger partial charge in [0.05, 0.1) is 12.1 Å². The summed E-state index contributed by atoms with van der Waals surface area (Å²) in [4.78, 5) is 4.15. The third-order valence-corrected chi connectivity index (χ3v) is 3.40. The van der Waals surface area contributed by atoms with Gasteiger partial charge in [-0.15, -0.1) is 0 Å². The number of para-hydroxylation sites is 1. The average molecular weight is 240 g/mol. The molecule has 1 aliphatic rings. The van der Waals surface area contributed by atoms with Crippen molar-refractivity contribution >= 4 is 5.69 Å². The van der Waals surface area contributed by atoms with Crippen LogP contribution < -0.4 is 5.32 Å². The molecule has 3 heteroatoms. The number of fused-ring (bicyclic) bond motifs is 1. The second kappa shape index (κ2) is 4.78. The molecular formula is C15H16N2O. The number of pyridine rings is 1. The fraction of sp³-hybridized carbons (Fsp3) is 0.267. The van der Waals surface area contributed by atoms with Crippen molar-refractivity contribution in [1.29, 1.82) is 0 Å². The van der Waals surface area contributed by atoms with Gasteiger partial charge in [0, 0.05) is 24.5 Å². The number of rotatable bonds is 1. The van der Waals surface area contributed by atoms with Crippen molar-refractivity contribution in [1.82, 2.24) is 4.98 Å². The maximum absolute atomic E-state index is 10.1. The van der Waals surface area contributed by atoms with Gasteiger partial charge in [0.25, 0.3) is 0 Å². The molecule has 3 nitrogen and oxygen atoms in total. The van der Waals surface area contributed by atoms with Crippen LogP contribution in [0.3, 0.4) is 0 Å². The van der Waals surface area contributed by atoms with E-state index in [1.807, 2.05) is 30.5 Å². The Labute approximate surface area is 107 Å². The number of hydrogen-bond acceptors (Lipinski definition) is 3. The normalized spacial score (nSPS) is 22.7. The van der Waals surface area contributed by atoms with E-state index in [-0.39, 0.29) is 12.1 Å². The Morgan fingerprint density at radius 1 is 1.17 bits per heavy atom. The maximum Gasteiger partial charge on any atom is 0.0604 e. The molecule has 0 saturated carbocycles. The average Bonchev–Trinajstić information content (AvgIpc) is 2.57. The highest BCUT2D eigenvalue weighted by atomic mass is 16.3. The number of anilines is 1. The summed E-state index contributed by atoms with van der Waals surface area (Å²) in [6, 6.07) is 12.3. The lowest BCUT2D eigenvalue weighted by molar-refractivity contribution is 0.161. The topological polar surface area (TPSA) is 45.1 Å². The van der Waals surface area contributed by atoms with E-state index in [4.69, 9.17) is 0 Å². The molecular weight excluding hydrogens is 224 g/mol. The molecule has 2 N–H and O–H groups in total. The van der Waals surface area contributed by atoms with Crippen molar-refractivity contribution in [3.8, 4) is 0 Å². The minimum absolute atomic E-state index is 0.123. The van der Waals surface area contributed by atoms with E-state index in [1.54, 1.807) is 6.20 Å². The highest BCUT2D eigenvalue weighted by molar-refractivity contribution is 5.53. The van der Waals surface area contributed by atoms with Gasteiger partial charge < -0.3 is 10.4 Å². The SMILES string of the molecule is O[C@H]1Cc2ccccc2N[C@@H](c2cccnc2)C1. The minimum atomic E-state index is -0.314. The Balaban J connectivity index is 1.95. The van der Waals surface area contributed by atoms with Crippen LogP contribution in [0.25, 0.3) is 0 Å². The van der Waals surface area contributed by atoms with E-state index in [9.17, 15) is 5.11 Å². The van der Waals surface area contributed by atoms with Gasteiger partial charge in [-0.25, -0.2) is 0 Å². The van der Waals surface area contributed by atoms with Gasteiger partial charge >= 0.3 is 0 Å². The van der Waals surface area contributed by atoms with Gasteiger partial charge in [-0.1, -0.05) is 24.3 Å². The van der Waals surface area contributed by atoms with Crippen LogP contribution in [0, 0.1) is 0 Å². The standard InChI is InChI=1S/C15H16N2O/c18-13-8-11-4-1-2-6-14(11)17-15(9-13)12-5-3-7-16-10-12/h1-7,10,13,15,17-18H,8-9H2/t13-,15+/m0/s1. The fourth-order valence-corrected chi connectivity index (χ4v) is 2.50.